The van der Waals surface area contributed by atoms with Crippen molar-refractivity contribution in [2.24, 2.45) is 5.41 Å². The highest BCUT2D eigenvalue weighted by atomic mass is 32.2. The van der Waals surface area contributed by atoms with Gasteiger partial charge in [0.1, 0.15) is 19.1 Å². The minimum atomic E-state index is -4.54. The van der Waals surface area contributed by atoms with Crippen LogP contribution in [-0.2, 0) is 28.0 Å². The molecule has 0 aliphatic heterocycles. The first-order valence-corrected chi connectivity index (χ1v) is 12.0. The van der Waals surface area contributed by atoms with Gasteiger partial charge in [0, 0.05) is 30.7 Å². The Bertz CT molecular complexity index is 594. The first kappa shape index (κ1) is 28.9. The molecule has 0 spiro atoms. The number of carbonyl (C=O) groups excluding carboxylic acids is 3. The van der Waals surface area contributed by atoms with Crippen LogP contribution >= 0.6 is 19.6 Å². The molecule has 12 nitrogen and oxygen atoms in total. The van der Waals surface area contributed by atoms with Crippen LogP contribution in [-0.4, -0.2) is 90.4 Å². The monoisotopic (exact) mass is 473 g/mol. The number of phosphoric acid groups is 1. The molecule has 6 N–H and O–H groups in total. The molecule has 0 saturated carbocycles. The van der Waals surface area contributed by atoms with Gasteiger partial charge in [-0.2, -0.15) is 11.8 Å². The van der Waals surface area contributed by atoms with Crippen molar-refractivity contribution in [2.75, 3.05) is 45.0 Å². The Kier molecular flexibility index (Phi) is 14.3. The zero-order valence-electron chi connectivity index (χ0n) is 17.3. The Balaban J connectivity index is 4.38. The van der Waals surface area contributed by atoms with Crippen LogP contribution in [0.1, 0.15) is 20.3 Å². The third kappa shape index (κ3) is 12.6. The molecule has 0 aromatic carbocycles. The minimum absolute atomic E-state index is 0.0218. The molecule has 0 bridgehead atoms. The van der Waals surface area contributed by atoms with E-state index in [1.54, 1.807) is 11.8 Å². The molecule has 3 atom stereocenters. The molecule has 176 valence electrons. The maximum atomic E-state index is 12.1. The molecule has 0 aromatic heterocycles. The first-order chi connectivity index (χ1) is 14.0. The van der Waals surface area contributed by atoms with E-state index in [2.05, 4.69) is 20.5 Å². The molecule has 2 amide bonds. The molecule has 30 heavy (non-hydrogen) atoms. The normalized spacial score (nSPS) is 15.7. The number of nitrogens with one attached hydrogen (secondary N) is 3. The maximum absolute atomic E-state index is 12.1. The fourth-order valence-corrected chi connectivity index (χ4v) is 2.99. The molecule has 0 aliphatic rings. The summed E-state index contributed by atoms with van der Waals surface area (Å²) in [6.07, 6.45) is 0.784. The van der Waals surface area contributed by atoms with Gasteiger partial charge in [0.15, 0.2) is 0 Å². The second kappa shape index (κ2) is 14.9. The number of amides is 2. The lowest BCUT2D eigenvalue weighted by Gasteiger charge is -2.29. The van der Waals surface area contributed by atoms with Gasteiger partial charge < -0.3 is 30.5 Å². The average Bonchev–Trinajstić information content (AvgIpc) is 2.69. The topological polar surface area (TPSA) is 184 Å². The van der Waals surface area contributed by atoms with Gasteiger partial charge >= 0.3 is 7.82 Å². The number of thioether (sulfide) groups is 1. The first-order valence-electron chi connectivity index (χ1n) is 9.12. The van der Waals surface area contributed by atoms with E-state index in [1.807, 2.05) is 6.26 Å². The fraction of sp³-hybridized carbons (Fsp3) is 0.812. The molecular formula is C16H32N3O9PS. The quantitative estimate of drug-likeness (QED) is 0.0632. The second-order valence-electron chi connectivity index (χ2n) is 6.92. The highest BCUT2D eigenvalue weighted by Gasteiger charge is 2.36. The van der Waals surface area contributed by atoms with Crippen molar-refractivity contribution in [3.63, 3.8) is 0 Å². The number of aldehydes is 1. The summed E-state index contributed by atoms with van der Waals surface area (Å²) < 4.78 is 21.3. The molecule has 14 heteroatoms. The molecule has 0 heterocycles. The smallest absolute Gasteiger partial charge is 0.394 e. The lowest BCUT2D eigenvalue weighted by molar-refractivity contribution is -0.137. The third-order valence-corrected chi connectivity index (χ3v) is 5.33. The fourth-order valence-electron chi connectivity index (χ4n) is 1.88. The molecule has 0 rings (SSSR count). The summed E-state index contributed by atoms with van der Waals surface area (Å²) in [5, 5.41) is 26.5. The molecule has 0 aliphatic carbocycles. The summed E-state index contributed by atoms with van der Waals surface area (Å²) in [5.41, 5.74) is -1.25. The zero-order chi connectivity index (χ0) is 23.2. The van der Waals surface area contributed by atoms with Crippen LogP contribution < -0.4 is 16.0 Å². The largest absolute Gasteiger partial charge is 0.473 e. The predicted molar refractivity (Wildman–Crippen MR) is 111 cm³/mol. The average molecular weight is 473 g/mol. The van der Waals surface area contributed by atoms with Crippen LogP contribution in [0.25, 0.3) is 0 Å². The maximum Gasteiger partial charge on any atom is 0.473 e. The lowest BCUT2D eigenvalue weighted by Crippen LogP contribution is -2.46. The van der Waals surface area contributed by atoms with E-state index in [0.29, 0.717) is 12.8 Å². The van der Waals surface area contributed by atoms with Crippen molar-refractivity contribution in [3.8, 4) is 0 Å². The van der Waals surface area contributed by atoms with Crippen molar-refractivity contribution in [1.29, 1.82) is 0 Å². The highest BCUT2D eigenvalue weighted by molar-refractivity contribution is 7.98. The summed E-state index contributed by atoms with van der Waals surface area (Å²) in [6, 6.07) is -0.959. The third-order valence-electron chi connectivity index (χ3n) is 3.80. The summed E-state index contributed by atoms with van der Waals surface area (Å²) in [5.74, 6) is -0.211. The number of phosphoric ester groups is 1. The van der Waals surface area contributed by atoms with E-state index in [-0.39, 0.29) is 18.9 Å². The van der Waals surface area contributed by atoms with E-state index in [0.717, 1.165) is 5.75 Å². The van der Waals surface area contributed by atoms with Gasteiger partial charge in [0.05, 0.1) is 19.3 Å². The van der Waals surface area contributed by atoms with Crippen LogP contribution in [0.5, 0.6) is 0 Å². The Morgan fingerprint density at radius 3 is 2.47 bits per heavy atom. The van der Waals surface area contributed by atoms with Crippen molar-refractivity contribution >= 4 is 37.7 Å². The van der Waals surface area contributed by atoms with E-state index in [4.69, 9.17) is 9.63 Å². The van der Waals surface area contributed by atoms with E-state index in [1.165, 1.54) is 13.8 Å². The van der Waals surface area contributed by atoms with Gasteiger partial charge in [-0.05, 0) is 6.26 Å². The van der Waals surface area contributed by atoms with Crippen LogP contribution in [0, 0.1) is 5.41 Å². The number of aliphatic hydroxyl groups excluding tert-OH is 2. The number of hydrogen-bond acceptors (Lipinski definition) is 10. The van der Waals surface area contributed by atoms with Crippen molar-refractivity contribution in [2.45, 2.75) is 32.4 Å². The van der Waals surface area contributed by atoms with Crippen molar-refractivity contribution < 1.29 is 43.1 Å². The number of carbonyl (C=O) groups is 3. The van der Waals surface area contributed by atoms with E-state index in [9.17, 15) is 28.9 Å². The molecule has 0 aromatic rings. The molecule has 0 radical (unpaired) electrons. The summed E-state index contributed by atoms with van der Waals surface area (Å²) in [4.78, 5) is 43.8. The van der Waals surface area contributed by atoms with Crippen LogP contribution in [0.2, 0.25) is 0 Å². The summed E-state index contributed by atoms with van der Waals surface area (Å²) in [7, 11) is -4.54. The van der Waals surface area contributed by atoms with Crippen LogP contribution in [0.3, 0.4) is 0 Å². The van der Waals surface area contributed by atoms with Crippen LogP contribution in [0.15, 0.2) is 0 Å². The Morgan fingerprint density at radius 1 is 1.23 bits per heavy atom. The lowest BCUT2D eigenvalue weighted by atomic mass is 9.87. The SMILES string of the molecule is CSCCNC(=O)CCNC(=O)[C@H](O)C(C)(C)COP(=O)(O)OCN[C@H](C=O)CO. The number of rotatable bonds is 17. The molecule has 0 fully saturated rings. The van der Waals surface area contributed by atoms with Gasteiger partial charge in [0.25, 0.3) is 0 Å². The van der Waals surface area contributed by atoms with Crippen molar-refractivity contribution in [1.82, 2.24) is 16.0 Å². The zero-order valence-corrected chi connectivity index (χ0v) is 19.0. The number of aliphatic hydroxyl groups is 2. The number of hydrogen-bond donors (Lipinski definition) is 6. The summed E-state index contributed by atoms with van der Waals surface area (Å²) >= 11 is 1.59. The van der Waals surface area contributed by atoms with E-state index < -0.39 is 51.2 Å². The predicted octanol–water partition coefficient (Wildman–Crippen LogP) is -1.40. The molecular weight excluding hydrogens is 441 g/mol. The van der Waals surface area contributed by atoms with Crippen LogP contribution in [0.4, 0.5) is 0 Å². The summed E-state index contributed by atoms with van der Waals surface area (Å²) in [6.45, 7) is 1.88. The van der Waals surface area contributed by atoms with Gasteiger partial charge in [-0.25, -0.2) is 4.57 Å². The molecule has 0 saturated heterocycles. The van der Waals surface area contributed by atoms with Gasteiger partial charge in [-0.3, -0.25) is 24.0 Å². The van der Waals surface area contributed by atoms with Crippen molar-refractivity contribution in [3.05, 3.63) is 0 Å². The highest BCUT2D eigenvalue weighted by Crippen LogP contribution is 2.44. The van der Waals surface area contributed by atoms with Gasteiger partial charge in [-0.1, -0.05) is 13.8 Å². The minimum Gasteiger partial charge on any atom is -0.394 e. The van der Waals surface area contributed by atoms with E-state index >= 15 is 0 Å². The Morgan fingerprint density at radius 2 is 1.90 bits per heavy atom. The Labute approximate surface area is 180 Å². The standard InChI is InChI=1S/C16H32N3O9PS/c1-16(2,10-27-29(25,26)28-11-19-12(8-20)9-21)14(23)15(24)18-5-4-13(22)17-6-7-30-3/h8,12,14,19,21,23H,4-7,9-11H2,1-3H3,(H,17,22)(H,18,24)(H,25,26)/t12-,14+/m1/s1. The second-order valence-corrected chi connectivity index (χ2v) is 9.36. The van der Waals surface area contributed by atoms with Gasteiger partial charge in [-0.15, -0.1) is 0 Å². The Hall–Kier alpha value is -1.05. The van der Waals surface area contributed by atoms with Gasteiger partial charge in [0.2, 0.25) is 11.8 Å². The molecule has 1 unspecified atom stereocenters.